The van der Waals surface area contributed by atoms with Crippen molar-refractivity contribution in [1.29, 1.82) is 0 Å². The van der Waals surface area contributed by atoms with Crippen LogP contribution in [0.5, 0.6) is 11.5 Å². The summed E-state index contributed by atoms with van der Waals surface area (Å²) < 4.78 is 5.00. The lowest BCUT2D eigenvalue weighted by Gasteiger charge is -2.55. The van der Waals surface area contributed by atoms with Gasteiger partial charge in [-0.05, 0) is 62.5 Å². The summed E-state index contributed by atoms with van der Waals surface area (Å²) in [6.07, 6.45) is 8.86. The van der Waals surface area contributed by atoms with Crippen molar-refractivity contribution < 1.29 is 24.5 Å². The number of likely N-dealkylation sites (tertiary alicyclic amines) is 1. The number of phenols is 2. The molecule has 2 bridgehead atoms. The molecule has 1 aliphatic carbocycles. The highest BCUT2D eigenvalue weighted by Gasteiger charge is 2.53. The second-order valence-electron chi connectivity index (χ2n) is 8.94. The molecule has 7 nitrogen and oxygen atoms in total. The van der Waals surface area contributed by atoms with Crippen LogP contribution in [0.3, 0.4) is 0 Å². The van der Waals surface area contributed by atoms with Crippen molar-refractivity contribution in [2.45, 2.75) is 50.2 Å². The minimum Gasteiger partial charge on any atom is -0.504 e. The Kier molecular flexibility index (Phi) is 7.77. The van der Waals surface area contributed by atoms with E-state index < -0.39 is 5.60 Å². The van der Waals surface area contributed by atoms with Crippen molar-refractivity contribution in [1.82, 2.24) is 9.80 Å². The van der Waals surface area contributed by atoms with E-state index >= 15 is 0 Å². The number of likely N-dealkylation sites (N-methyl/N-ethyl adjacent to an activating group) is 2. The number of hydrogen-bond donors (Lipinski definition) is 3. The summed E-state index contributed by atoms with van der Waals surface area (Å²) in [6, 6.07) is 5.13. The van der Waals surface area contributed by atoms with Gasteiger partial charge >= 0.3 is 0 Å². The van der Waals surface area contributed by atoms with E-state index in [9.17, 15) is 20.1 Å². The van der Waals surface area contributed by atoms with Crippen molar-refractivity contribution in [3.8, 4) is 11.5 Å². The monoisotopic (exact) mass is 476 g/mol. The van der Waals surface area contributed by atoms with Crippen LogP contribution in [0, 0.1) is 0 Å². The number of benzene rings is 1. The van der Waals surface area contributed by atoms with Crippen LogP contribution in [0.25, 0.3) is 6.08 Å². The highest BCUT2D eigenvalue weighted by Crippen LogP contribution is 2.53. The molecular weight excluding hydrogens is 444 g/mol. The number of phenolic OH excluding ortho intramolecular Hbond substituents is 2. The summed E-state index contributed by atoms with van der Waals surface area (Å²) >= 11 is 0. The summed E-state index contributed by atoms with van der Waals surface area (Å²) in [7, 11) is 1.76. The molecule has 1 aliphatic heterocycles. The van der Waals surface area contributed by atoms with Crippen LogP contribution >= 0.6 is 12.4 Å². The fraction of sp³-hybridized carbons (Fsp3) is 0.480. The molecule has 2 aromatic rings. The molecule has 3 N–H and O–H groups in total. The molecule has 2 heterocycles. The van der Waals surface area contributed by atoms with E-state index in [0.29, 0.717) is 37.8 Å². The van der Waals surface area contributed by atoms with Gasteiger partial charge in [0.2, 0.25) is 5.91 Å². The second kappa shape index (κ2) is 10.2. The standard InChI is InChI=1S/C25H32N2O5.ClH/c1-3-27-13-9-19-23-18(6-7-20(28)24(23)30)15-21(27)25(19,31)11-4-12-26(2)22(29)8-5-17-10-14-32-16-17;/h5-8,10,14,16,19,21,28,30-31H,3-4,9,11-13,15H2,1-2H3;1H/b8-5+;/t19-,21+,25-;/m0./s1. The van der Waals surface area contributed by atoms with Crippen LogP contribution in [-0.2, 0) is 11.2 Å². The third-order valence-electron chi connectivity index (χ3n) is 7.19. The molecule has 0 radical (unpaired) electrons. The van der Waals surface area contributed by atoms with E-state index in [1.54, 1.807) is 36.6 Å². The van der Waals surface area contributed by atoms with Crippen LogP contribution in [0.15, 0.2) is 41.2 Å². The number of amides is 1. The highest BCUT2D eigenvalue weighted by molar-refractivity contribution is 5.91. The lowest BCUT2D eigenvalue weighted by atomic mass is 9.63. The Morgan fingerprint density at radius 3 is 2.82 bits per heavy atom. The molecule has 8 heteroatoms. The number of hydrogen-bond acceptors (Lipinski definition) is 6. The number of rotatable bonds is 7. The molecule has 0 spiro atoms. The number of furan rings is 1. The molecule has 33 heavy (non-hydrogen) atoms. The highest BCUT2D eigenvalue weighted by atomic mass is 35.5. The van der Waals surface area contributed by atoms with Gasteiger partial charge in [0.25, 0.3) is 0 Å². The zero-order valence-corrected chi connectivity index (χ0v) is 19.9. The van der Waals surface area contributed by atoms with Gasteiger partial charge in [-0.25, -0.2) is 0 Å². The average Bonchev–Trinajstić information content (AvgIpc) is 3.29. The maximum atomic E-state index is 12.4. The van der Waals surface area contributed by atoms with Gasteiger partial charge in [0.05, 0.1) is 18.1 Å². The number of aliphatic hydroxyl groups is 1. The third-order valence-corrected chi connectivity index (χ3v) is 7.19. The molecule has 1 fully saturated rings. The maximum Gasteiger partial charge on any atom is 0.246 e. The fourth-order valence-electron chi connectivity index (χ4n) is 5.46. The van der Waals surface area contributed by atoms with E-state index in [2.05, 4.69) is 11.8 Å². The third kappa shape index (κ3) is 4.76. The predicted molar refractivity (Wildman–Crippen MR) is 129 cm³/mol. The molecule has 0 saturated carbocycles. The van der Waals surface area contributed by atoms with Crippen molar-refractivity contribution in [3.63, 3.8) is 0 Å². The maximum absolute atomic E-state index is 12.4. The van der Waals surface area contributed by atoms with Gasteiger partial charge in [-0.3, -0.25) is 9.69 Å². The van der Waals surface area contributed by atoms with Crippen LogP contribution in [0.2, 0.25) is 0 Å². The minimum atomic E-state index is -1.02. The first-order valence-corrected chi connectivity index (χ1v) is 11.3. The van der Waals surface area contributed by atoms with Crippen molar-refractivity contribution in [3.05, 3.63) is 53.5 Å². The van der Waals surface area contributed by atoms with Crippen LogP contribution in [0.4, 0.5) is 0 Å². The zero-order chi connectivity index (χ0) is 22.9. The lowest BCUT2D eigenvalue weighted by Crippen LogP contribution is -2.63. The topological polar surface area (TPSA) is 97.4 Å². The Labute approximate surface area is 200 Å². The molecule has 3 atom stereocenters. The Morgan fingerprint density at radius 1 is 1.33 bits per heavy atom. The first-order valence-electron chi connectivity index (χ1n) is 11.3. The van der Waals surface area contributed by atoms with Gasteiger partial charge in [-0.15, -0.1) is 12.4 Å². The van der Waals surface area contributed by atoms with Crippen molar-refractivity contribution in [2.75, 3.05) is 26.7 Å². The summed E-state index contributed by atoms with van der Waals surface area (Å²) in [5.74, 6) is -0.596. The fourth-order valence-corrected chi connectivity index (χ4v) is 5.46. The number of carbonyl (C=O) groups excluding carboxylic acids is 1. The second-order valence-corrected chi connectivity index (χ2v) is 8.94. The summed E-state index contributed by atoms with van der Waals surface area (Å²) in [5, 5.41) is 32.6. The number of aromatic hydroxyl groups is 2. The Bertz CT molecular complexity index is 993. The normalized spacial score (nSPS) is 24.3. The number of carbonyl (C=O) groups is 1. The molecule has 4 rings (SSSR count). The van der Waals surface area contributed by atoms with Gasteiger partial charge in [0.1, 0.15) is 0 Å². The number of halogens is 1. The SMILES string of the molecule is CCN1CC[C@H]2c3c(ccc(O)c3O)C[C@@H]1[C@]2(O)CCCN(C)C(=O)/C=C/c1ccoc1.Cl. The molecule has 2 aliphatic rings. The Hall–Kier alpha value is -2.48. The van der Waals surface area contributed by atoms with E-state index in [-0.39, 0.29) is 41.8 Å². The van der Waals surface area contributed by atoms with Gasteiger partial charge in [0, 0.05) is 42.8 Å². The van der Waals surface area contributed by atoms with E-state index in [0.717, 1.165) is 24.2 Å². The summed E-state index contributed by atoms with van der Waals surface area (Å²) in [4.78, 5) is 16.4. The Morgan fingerprint density at radius 2 is 2.12 bits per heavy atom. The predicted octanol–water partition coefficient (Wildman–Crippen LogP) is 3.53. The molecule has 1 aromatic carbocycles. The van der Waals surface area contributed by atoms with E-state index in [4.69, 9.17) is 4.42 Å². The van der Waals surface area contributed by atoms with Crippen LogP contribution in [0.1, 0.15) is 48.8 Å². The van der Waals surface area contributed by atoms with Crippen LogP contribution in [-0.4, -0.2) is 69.4 Å². The van der Waals surface area contributed by atoms with Gasteiger partial charge in [0.15, 0.2) is 11.5 Å². The van der Waals surface area contributed by atoms with Crippen molar-refractivity contribution in [2.24, 2.45) is 0 Å². The van der Waals surface area contributed by atoms with E-state index in [1.807, 2.05) is 6.07 Å². The first-order chi connectivity index (χ1) is 15.3. The smallest absolute Gasteiger partial charge is 0.246 e. The molecule has 1 saturated heterocycles. The van der Waals surface area contributed by atoms with Gasteiger partial charge < -0.3 is 24.6 Å². The quantitative estimate of drug-likeness (QED) is 0.418. The van der Waals surface area contributed by atoms with Gasteiger partial charge in [-0.2, -0.15) is 0 Å². The minimum absolute atomic E-state index is 0. The first kappa shape index (κ1) is 25.1. The number of nitrogens with zero attached hydrogens (tertiary/aromatic N) is 2. The number of fused-ring (bicyclic) bond motifs is 4. The van der Waals surface area contributed by atoms with Gasteiger partial charge in [-0.1, -0.05) is 13.0 Å². The summed E-state index contributed by atoms with van der Waals surface area (Å²) in [5.41, 5.74) is 1.49. The van der Waals surface area contributed by atoms with Crippen molar-refractivity contribution >= 4 is 24.4 Å². The number of piperidine rings is 1. The van der Waals surface area contributed by atoms with Crippen LogP contribution < -0.4 is 0 Å². The molecule has 1 amide bonds. The average molecular weight is 477 g/mol. The molecule has 0 unspecified atom stereocenters. The molecular formula is C25H33ClN2O5. The molecule has 180 valence electrons. The zero-order valence-electron chi connectivity index (χ0n) is 19.1. The largest absolute Gasteiger partial charge is 0.504 e. The molecule has 1 aromatic heterocycles. The summed E-state index contributed by atoms with van der Waals surface area (Å²) in [6.45, 7) is 4.31. The lowest BCUT2D eigenvalue weighted by molar-refractivity contribution is -0.126. The van der Waals surface area contributed by atoms with E-state index in [1.165, 1.54) is 12.1 Å². The Balaban J connectivity index is 0.00000306.